The lowest BCUT2D eigenvalue weighted by Crippen LogP contribution is -2.27. The predicted octanol–water partition coefficient (Wildman–Crippen LogP) is 2.68. The molecular weight excluding hydrogens is 210 g/mol. The minimum atomic E-state index is -2.99. The molecule has 0 heterocycles. The Morgan fingerprint density at radius 1 is 0.867 bits per heavy atom. The molecule has 0 aromatic rings. The van der Waals surface area contributed by atoms with E-state index in [2.05, 4.69) is 18.6 Å². The highest BCUT2D eigenvalue weighted by molar-refractivity contribution is 7.89. The van der Waals surface area contributed by atoms with Gasteiger partial charge in [0.25, 0.3) is 0 Å². The second-order valence-corrected chi connectivity index (χ2v) is 5.91. The zero-order valence-electron chi connectivity index (χ0n) is 10.1. The van der Waals surface area contributed by atoms with Crippen LogP contribution in [0.15, 0.2) is 0 Å². The van der Waals surface area contributed by atoms with Gasteiger partial charge in [0.15, 0.2) is 0 Å². The zero-order valence-corrected chi connectivity index (χ0v) is 10.9. The topological polar surface area (TPSA) is 46.2 Å². The van der Waals surface area contributed by atoms with Crippen LogP contribution in [0.3, 0.4) is 0 Å². The molecule has 4 heteroatoms. The van der Waals surface area contributed by atoms with Crippen molar-refractivity contribution in [2.45, 2.75) is 58.8 Å². The average molecular weight is 235 g/mol. The van der Waals surface area contributed by atoms with E-state index < -0.39 is 10.0 Å². The van der Waals surface area contributed by atoms with Gasteiger partial charge in [0.05, 0.1) is 5.75 Å². The highest BCUT2D eigenvalue weighted by atomic mass is 32.2. The maximum atomic E-state index is 11.4. The van der Waals surface area contributed by atoms with Gasteiger partial charge in [-0.3, -0.25) is 0 Å². The first-order valence-electron chi connectivity index (χ1n) is 6.09. The lowest BCUT2D eigenvalue weighted by Gasteiger charge is -2.05. The second kappa shape index (κ2) is 9.16. The van der Waals surface area contributed by atoms with Crippen molar-refractivity contribution in [2.24, 2.45) is 0 Å². The Bertz CT molecular complexity index is 225. The molecule has 0 fully saturated rings. The normalized spacial score (nSPS) is 11.9. The van der Waals surface area contributed by atoms with Crippen molar-refractivity contribution >= 4 is 10.0 Å². The maximum Gasteiger partial charge on any atom is 0.211 e. The van der Waals surface area contributed by atoms with Crippen molar-refractivity contribution in [2.75, 3.05) is 12.3 Å². The Hall–Kier alpha value is -0.0900. The van der Waals surface area contributed by atoms with Gasteiger partial charge in [-0.1, -0.05) is 46.0 Å². The molecule has 0 atom stereocenters. The third-order valence-electron chi connectivity index (χ3n) is 2.37. The summed E-state index contributed by atoms with van der Waals surface area (Å²) >= 11 is 0. The largest absolute Gasteiger partial charge is 0.215 e. The van der Waals surface area contributed by atoms with Crippen LogP contribution in [0.4, 0.5) is 0 Å². The summed E-state index contributed by atoms with van der Waals surface area (Å²) in [7, 11) is -2.99. The predicted molar refractivity (Wildman–Crippen MR) is 65.5 cm³/mol. The van der Waals surface area contributed by atoms with Crippen LogP contribution in [0.5, 0.6) is 0 Å². The Morgan fingerprint density at radius 3 is 2.07 bits per heavy atom. The number of unbranched alkanes of at least 4 members (excludes halogenated alkanes) is 5. The first-order chi connectivity index (χ1) is 7.12. The molecule has 15 heavy (non-hydrogen) atoms. The minimum Gasteiger partial charge on any atom is -0.215 e. The molecule has 0 aliphatic heterocycles. The van der Waals surface area contributed by atoms with Crippen molar-refractivity contribution in [1.82, 2.24) is 4.72 Å². The molecule has 0 aromatic heterocycles. The number of hydrogen-bond donors (Lipinski definition) is 1. The van der Waals surface area contributed by atoms with Gasteiger partial charge < -0.3 is 0 Å². The Labute approximate surface area is 94.7 Å². The van der Waals surface area contributed by atoms with E-state index in [1.54, 1.807) is 0 Å². The summed E-state index contributed by atoms with van der Waals surface area (Å²) in [5, 5.41) is 0. The fourth-order valence-corrected chi connectivity index (χ4v) is 2.58. The van der Waals surface area contributed by atoms with Gasteiger partial charge in [-0.2, -0.15) is 0 Å². The van der Waals surface area contributed by atoms with Crippen molar-refractivity contribution in [3.63, 3.8) is 0 Å². The van der Waals surface area contributed by atoms with Gasteiger partial charge in [-0.15, -0.1) is 0 Å². The molecule has 0 rings (SSSR count). The van der Waals surface area contributed by atoms with E-state index >= 15 is 0 Å². The molecule has 0 radical (unpaired) electrons. The van der Waals surface area contributed by atoms with Gasteiger partial charge >= 0.3 is 0 Å². The summed E-state index contributed by atoms with van der Waals surface area (Å²) in [4.78, 5) is 0. The first-order valence-corrected chi connectivity index (χ1v) is 7.75. The Morgan fingerprint density at radius 2 is 1.47 bits per heavy atom. The average Bonchev–Trinajstić information content (AvgIpc) is 2.17. The molecule has 0 bridgehead atoms. The van der Waals surface area contributed by atoms with Crippen LogP contribution in [0.25, 0.3) is 0 Å². The molecule has 0 spiro atoms. The van der Waals surface area contributed by atoms with Gasteiger partial charge in [0, 0.05) is 6.54 Å². The molecular formula is C11H25NO2S. The van der Waals surface area contributed by atoms with E-state index in [1.165, 1.54) is 12.8 Å². The standard InChI is InChI=1S/C11H25NO2S/c1-3-5-7-8-10-12-15(13,14)11-9-6-4-2/h12H,3-11H2,1-2H3. The SMILES string of the molecule is CCCCCCNS(=O)(=O)CCCCC. The highest BCUT2D eigenvalue weighted by Crippen LogP contribution is 2.00. The monoisotopic (exact) mass is 235 g/mol. The van der Waals surface area contributed by atoms with E-state index in [0.717, 1.165) is 32.1 Å². The van der Waals surface area contributed by atoms with E-state index in [1.807, 2.05) is 0 Å². The molecule has 0 saturated heterocycles. The highest BCUT2D eigenvalue weighted by Gasteiger charge is 2.07. The molecule has 0 amide bonds. The summed E-state index contributed by atoms with van der Waals surface area (Å²) in [6.07, 6.45) is 7.29. The maximum absolute atomic E-state index is 11.4. The molecule has 0 aromatic carbocycles. The molecule has 3 nitrogen and oxygen atoms in total. The molecule has 0 aliphatic carbocycles. The lowest BCUT2D eigenvalue weighted by atomic mass is 10.2. The first kappa shape index (κ1) is 14.9. The van der Waals surface area contributed by atoms with Gasteiger partial charge in [0.2, 0.25) is 10.0 Å². The molecule has 0 saturated carbocycles. The van der Waals surface area contributed by atoms with Crippen LogP contribution < -0.4 is 4.72 Å². The third kappa shape index (κ3) is 10.2. The molecule has 1 N–H and O–H groups in total. The van der Waals surface area contributed by atoms with Crippen molar-refractivity contribution in [3.8, 4) is 0 Å². The minimum absolute atomic E-state index is 0.286. The fourth-order valence-electron chi connectivity index (χ4n) is 1.39. The quantitative estimate of drug-likeness (QED) is 0.592. The van der Waals surface area contributed by atoms with Crippen LogP contribution in [0.1, 0.15) is 58.8 Å². The van der Waals surface area contributed by atoms with E-state index in [4.69, 9.17) is 0 Å². The Balaban J connectivity index is 3.47. The van der Waals surface area contributed by atoms with Crippen LogP contribution in [-0.4, -0.2) is 20.7 Å². The van der Waals surface area contributed by atoms with Gasteiger partial charge in [-0.05, 0) is 12.8 Å². The summed E-state index contributed by atoms with van der Waals surface area (Å²) < 4.78 is 25.5. The zero-order chi connectivity index (χ0) is 11.6. The summed E-state index contributed by atoms with van der Waals surface area (Å²) in [5.41, 5.74) is 0. The van der Waals surface area contributed by atoms with Crippen molar-refractivity contribution < 1.29 is 8.42 Å². The summed E-state index contributed by atoms with van der Waals surface area (Å²) in [6, 6.07) is 0. The van der Waals surface area contributed by atoms with Crippen LogP contribution >= 0.6 is 0 Å². The second-order valence-electron chi connectivity index (χ2n) is 3.98. The molecule has 0 aliphatic rings. The number of hydrogen-bond acceptors (Lipinski definition) is 2. The molecule has 0 unspecified atom stereocenters. The van der Waals surface area contributed by atoms with Crippen LogP contribution in [0.2, 0.25) is 0 Å². The number of sulfonamides is 1. The summed E-state index contributed by atoms with van der Waals surface area (Å²) in [6.45, 7) is 4.83. The van der Waals surface area contributed by atoms with Crippen LogP contribution in [0, 0.1) is 0 Å². The van der Waals surface area contributed by atoms with Crippen LogP contribution in [-0.2, 0) is 10.0 Å². The number of nitrogens with one attached hydrogen (secondary N) is 1. The van der Waals surface area contributed by atoms with E-state index in [9.17, 15) is 8.42 Å². The van der Waals surface area contributed by atoms with Crippen molar-refractivity contribution in [3.05, 3.63) is 0 Å². The van der Waals surface area contributed by atoms with Gasteiger partial charge in [-0.25, -0.2) is 13.1 Å². The Kier molecular flexibility index (Phi) is 9.10. The summed E-state index contributed by atoms with van der Waals surface area (Å²) in [5.74, 6) is 0.286. The molecule has 92 valence electrons. The lowest BCUT2D eigenvalue weighted by molar-refractivity contribution is 0.569. The number of rotatable bonds is 10. The third-order valence-corrected chi connectivity index (χ3v) is 3.84. The fraction of sp³-hybridized carbons (Fsp3) is 1.00. The van der Waals surface area contributed by atoms with E-state index in [0.29, 0.717) is 6.54 Å². The van der Waals surface area contributed by atoms with Gasteiger partial charge in [0.1, 0.15) is 0 Å². The van der Waals surface area contributed by atoms with E-state index in [-0.39, 0.29) is 5.75 Å². The van der Waals surface area contributed by atoms with Crippen molar-refractivity contribution in [1.29, 1.82) is 0 Å². The smallest absolute Gasteiger partial charge is 0.211 e.